The Morgan fingerprint density at radius 1 is 1.35 bits per heavy atom. The van der Waals surface area contributed by atoms with E-state index in [0.29, 0.717) is 17.8 Å². The normalized spacial score (nSPS) is 12.1. The summed E-state index contributed by atoms with van der Waals surface area (Å²) in [6, 6.07) is 8.27. The van der Waals surface area contributed by atoms with Gasteiger partial charge in [-0.05, 0) is 18.6 Å². The minimum absolute atomic E-state index is 0.00411. The first kappa shape index (κ1) is 14.1. The standard InChI is InChI=1S/C14H16N4O2/c1-2-10(15)9-11-7-8-16-14(17-11)12-5-3-4-6-13(12)18(19)20/h3-8,10H,2,9,15H2,1H3. The quantitative estimate of drug-likeness (QED) is 0.665. The summed E-state index contributed by atoms with van der Waals surface area (Å²) in [5.74, 6) is 0.359. The molecule has 104 valence electrons. The van der Waals surface area contributed by atoms with E-state index in [0.717, 1.165) is 12.1 Å². The number of aromatic nitrogens is 2. The molecular formula is C14H16N4O2. The van der Waals surface area contributed by atoms with Crippen molar-refractivity contribution >= 4 is 5.69 Å². The fraction of sp³-hybridized carbons (Fsp3) is 0.286. The third kappa shape index (κ3) is 3.16. The Bertz CT molecular complexity index is 616. The maximum Gasteiger partial charge on any atom is 0.280 e. The summed E-state index contributed by atoms with van der Waals surface area (Å²) in [7, 11) is 0. The highest BCUT2D eigenvalue weighted by atomic mass is 16.6. The Morgan fingerprint density at radius 2 is 2.10 bits per heavy atom. The first-order valence-electron chi connectivity index (χ1n) is 6.43. The molecule has 2 aromatic rings. The van der Waals surface area contributed by atoms with Crippen LogP contribution in [0.2, 0.25) is 0 Å². The third-order valence-corrected chi connectivity index (χ3v) is 3.05. The average molecular weight is 272 g/mol. The molecule has 0 saturated carbocycles. The van der Waals surface area contributed by atoms with Crippen LogP contribution in [0.3, 0.4) is 0 Å². The number of nitro groups is 1. The van der Waals surface area contributed by atoms with Gasteiger partial charge < -0.3 is 5.73 Å². The Labute approximate surface area is 116 Å². The number of nitrogens with zero attached hydrogens (tertiary/aromatic N) is 3. The Morgan fingerprint density at radius 3 is 2.80 bits per heavy atom. The molecule has 0 bridgehead atoms. The SMILES string of the molecule is CCC(N)Cc1ccnc(-c2ccccc2[N+](=O)[O-])n1. The first-order chi connectivity index (χ1) is 9.61. The molecule has 20 heavy (non-hydrogen) atoms. The van der Waals surface area contributed by atoms with E-state index in [2.05, 4.69) is 9.97 Å². The molecule has 0 aliphatic carbocycles. The van der Waals surface area contributed by atoms with E-state index in [1.165, 1.54) is 6.07 Å². The molecule has 1 atom stereocenters. The zero-order valence-corrected chi connectivity index (χ0v) is 11.2. The molecule has 6 nitrogen and oxygen atoms in total. The molecule has 2 N–H and O–H groups in total. The molecule has 0 aliphatic rings. The van der Waals surface area contributed by atoms with Crippen molar-refractivity contribution in [1.29, 1.82) is 0 Å². The summed E-state index contributed by atoms with van der Waals surface area (Å²) in [5.41, 5.74) is 7.12. The summed E-state index contributed by atoms with van der Waals surface area (Å²) < 4.78 is 0. The molecule has 0 amide bonds. The second-order valence-corrected chi connectivity index (χ2v) is 4.52. The molecule has 6 heteroatoms. The number of hydrogen-bond donors (Lipinski definition) is 1. The van der Waals surface area contributed by atoms with Crippen molar-refractivity contribution in [2.75, 3.05) is 0 Å². The highest BCUT2D eigenvalue weighted by Crippen LogP contribution is 2.26. The van der Waals surface area contributed by atoms with Gasteiger partial charge in [0.2, 0.25) is 0 Å². The van der Waals surface area contributed by atoms with Crippen molar-refractivity contribution in [2.24, 2.45) is 5.73 Å². The van der Waals surface area contributed by atoms with Gasteiger partial charge in [-0.25, -0.2) is 9.97 Å². The van der Waals surface area contributed by atoms with Gasteiger partial charge in [-0.15, -0.1) is 0 Å². The van der Waals surface area contributed by atoms with E-state index < -0.39 is 4.92 Å². The molecule has 0 fully saturated rings. The van der Waals surface area contributed by atoms with E-state index in [9.17, 15) is 10.1 Å². The lowest BCUT2D eigenvalue weighted by molar-refractivity contribution is -0.384. The predicted octanol–water partition coefficient (Wildman–Crippen LogP) is 2.33. The number of nitrogens with two attached hydrogens (primary N) is 1. The summed E-state index contributed by atoms with van der Waals surface area (Å²) in [4.78, 5) is 19.1. The molecule has 2 rings (SSSR count). The third-order valence-electron chi connectivity index (χ3n) is 3.05. The molecule has 1 heterocycles. The van der Waals surface area contributed by atoms with E-state index in [-0.39, 0.29) is 11.7 Å². The first-order valence-corrected chi connectivity index (χ1v) is 6.43. The highest BCUT2D eigenvalue weighted by molar-refractivity contribution is 5.67. The molecule has 0 aliphatic heterocycles. The average Bonchev–Trinajstić information content (AvgIpc) is 2.47. The molecule has 1 aromatic carbocycles. The van der Waals surface area contributed by atoms with Crippen molar-refractivity contribution in [3.63, 3.8) is 0 Å². The van der Waals surface area contributed by atoms with Crippen LogP contribution in [0.25, 0.3) is 11.4 Å². The summed E-state index contributed by atoms with van der Waals surface area (Å²) in [5, 5.41) is 11.0. The number of benzene rings is 1. The predicted molar refractivity (Wildman–Crippen MR) is 76.1 cm³/mol. The number of hydrogen-bond acceptors (Lipinski definition) is 5. The molecule has 1 unspecified atom stereocenters. The zero-order chi connectivity index (χ0) is 14.5. The van der Waals surface area contributed by atoms with Crippen molar-refractivity contribution in [3.05, 3.63) is 52.3 Å². The molecule has 0 radical (unpaired) electrons. The van der Waals surface area contributed by atoms with Crippen LogP contribution in [-0.4, -0.2) is 20.9 Å². The Kier molecular flexibility index (Phi) is 4.37. The van der Waals surface area contributed by atoms with E-state index >= 15 is 0 Å². The Balaban J connectivity index is 2.39. The maximum atomic E-state index is 11.0. The van der Waals surface area contributed by atoms with Gasteiger partial charge in [0.05, 0.1) is 10.5 Å². The van der Waals surface area contributed by atoms with Gasteiger partial charge in [0, 0.05) is 30.4 Å². The van der Waals surface area contributed by atoms with Crippen LogP contribution in [0.5, 0.6) is 0 Å². The van der Waals surface area contributed by atoms with Crippen molar-refractivity contribution in [3.8, 4) is 11.4 Å². The second kappa shape index (κ2) is 6.21. The van der Waals surface area contributed by atoms with Gasteiger partial charge in [-0.1, -0.05) is 19.1 Å². The largest absolute Gasteiger partial charge is 0.327 e. The van der Waals surface area contributed by atoms with Gasteiger partial charge in [0.25, 0.3) is 5.69 Å². The Hall–Kier alpha value is -2.34. The summed E-state index contributed by atoms with van der Waals surface area (Å²) in [6.07, 6.45) is 3.09. The molecule has 0 saturated heterocycles. The monoisotopic (exact) mass is 272 g/mol. The van der Waals surface area contributed by atoms with Crippen LogP contribution >= 0.6 is 0 Å². The van der Waals surface area contributed by atoms with Gasteiger partial charge in [0.1, 0.15) is 0 Å². The van der Waals surface area contributed by atoms with Gasteiger partial charge in [-0.2, -0.15) is 0 Å². The maximum absolute atomic E-state index is 11.0. The number of nitro benzene ring substituents is 1. The van der Waals surface area contributed by atoms with Gasteiger partial charge >= 0.3 is 0 Å². The number of para-hydroxylation sites is 1. The fourth-order valence-corrected chi connectivity index (χ4v) is 1.87. The van der Waals surface area contributed by atoms with Crippen molar-refractivity contribution < 1.29 is 4.92 Å². The lowest BCUT2D eigenvalue weighted by atomic mass is 10.1. The van der Waals surface area contributed by atoms with E-state index in [1.54, 1.807) is 30.5 Å². The van der Waals surface area contributed by atoms with Gasteiger partial charge in [0.15, 0.2) is 5.82 Å². The minimum Gasteiger partial charge on any atom is -0.327 e. The lowest BCUT2D eigenvalue weighted by Crippen LogP contribution is -2.22. The topological polar surface area (TPSA) is 94.9 Å². The highest BCUT2D eigenvalue weighted by Gasteiger charge is 2.16. The fourth-order valence-electron chi connectivity index (χ4n) is 1.87. The zero-order valence-electron chi connectivity index (χ0n) is 11.2. The van der Waals surface area contributed by atoms with Crippen molar-refractivity contribution in [2.45, 2.75) is 25.8 Å². The number of rotatable bonds is 5. The van der Waals surface area contributed by atoms with Crippen LogP contribution in [0, 0.1) is 10.1 Å². The molecule has 0 spiro atoms. The molecular weight excluding hydrogens is 256 g/mol. The lowest BCUT2D eigenvalue weighted by Gasteiger charge is -2.08. The van der Waals surface area contributed by atoms with Crippen molar-refractivity contribution in [1.82, 2.24) is 9.97 Å². The second-order valence-electron chi connectivity index (χ2n) is 4.52. The summed E-state index contributed by atoms with van der Waals surface area (Å²) >= 11 is 0. The molecule has 1 aromatic heterocycles. The van der Waals surface area contributed by atoms with Crippen LogP contribution in [0.1, 0.15) is 19.0 Å². The van der Waals surface area contributed by atoms with E-state index in [4.69, 9.17) is 5.73 Å². The van der Waals surface area contributed by atoms with Crippen LogP contribution in [0.4, 0.5) is 5.69 Å². The van der Waals surface area contributed by atoms with Crippen LogP contribution in [0.15, 0.2) is 36.5 Å². The van der Waals surface area contributed by atoms with Crippen LogP contribution in [-0.2, 0) is 6.42 Å². The van der Waals surface area contributed by atoms with Gasteiger partial charge in [-0.3, -0.25) is 10.1 Å². The summed E-state index contributed by atoms with van der Waals surface area (Å²) in [6.45, 7) is 2.01. The minimum atomic E-state index is -0.427. The van der Waals surface area contributed by atoms with Crippen LogP contribution < -0.4 is 5.73 Å². The smallest absolute Gasteiger partial charge is 0.280 e. The van der Waals surface area contributed by atoms with E-state index in [1.807, 2.05) is 6.92 Å².